The number of thiazole rings is 1. The van der Waals surface area contributed by atoms with Gasteiger partial charge in [0.15, 0.2) is 10.8 Å². The van der Waals surface area contributed by atoms with Crippen LogP contribution in [-0.4, -0.2) is 30.1 Å². The number of nitrogens with zero attached hydrogens (tertiary/aromatic N) is 1. The van der Waals surface area contributed by atoms with E-state index in [1.807, 2.05) is 56.3 Å². The minimum Gasteiger partial charge on any atom is -0.462 e. The van der Waals surface area contributed by atoms with Crippen molar-refractivity contribution >= 4 is 17.2 Å². The maximum atomic E-state index is 12.7. The van der Waals surface area contributed by atoms with Gasteiger partial charge in [0.25, 0.3) is 5.91 Å². The predicted octanol–water partition coefficient (Wildman–Crippen LogP) is 4.62. The number of nitrogens with one attached hydrogen (secondary N) is 1. The van der Waals surface area contributed by atoms with E-state index in [0.717, 1.165) is 12.0 Å². The highest BCUT2D eigenvalue weighted by molar-refractivity contribution is 7.17. The molecule has 0 saturated heterocycles. The largest absolute Gasteiger partial charge is 0.462 e. The Labute approximate surface area is 157 Å². The van der Waals surface area contributed by atoms with Crippen LogP contribution in [-0.2, 0) is 4.74 Å². The lowest BCUT2D eigenvalue weighted by atomic mass is 10.1. The first-order valence-electron chi connectivity index (χ1n) is 8.65. The Morgan fingerprint density at radius 1 is 1.23 bits per heavy atom. The van der Waals surface area contributed by atoms with Crippen LogP contribution in [0, 0.1) is 0 Å². The smallest absolute Gasteiger partial charge is 0.263 e. The van der Waals surface area contributed by atoms with Gasteiger partial charge >= 0.3 is 0 Å². The fraction of sp³-hybridized carbons (Fsp3) is 0.300. The molecule has 3 rings (SSSR count). The van der Waals surface area contributed by atoms with Crippen LogP contribution in [0.15, 0.2) is 53.1 Å². The number of aromatic nitrogens is 1. The van der Waals surface area contributed by atoms with Crippen molar-refractivity contribution in [1.82, 2.24) is 10.3 Å². The maximum Gasteiger partial charge on any atom is 0.263 e. The summed E-state index contributed by atoms with van der Waals surface area (Å²) in [5, 5.41) is 3.66. The third-order valence-electron chi connectivity index (χ3n) is 3.67. The first-order valence-corrected chi connectivity index (χ1v) is 9.46. The number of ether oxygens (including phenoxy) is 1. The molecule has 1 aromatic carbocycles. The second-order valence-corrected chi connectivity index (χ2v) is 7.07. The zero-order valence-electron chi connectivity index (χ0n) is 14.9. The number of rotatable bonds is 8. The molecule has 3 aromatic rings. The molecule has 0 spiro atoms. The molecule has 0 bridgehead atoms. The van der Waals surface area contributed by atoms with Crippen LogP contribution in [0.25, 0.3) is 22.0 Å². The van der Waals surface area contributed by atoms with E-state index in [9.17, 15) is 4.79 Å². The second kappa shape index (κ2) is 8.78. The molecule has 0 aliphatic rings. The van der Waals surface area contributed by atoms with Crippen molar-refractivity contribution in [3.8, 4) is 22.0 Å². The molecule has 6 heteroatoms. The fourth-order valence-corrected chi connectivity index (χ4v) is 3.42. The Morgan fingerprint density at radius 2 is 2.04 bits per heavy atom. The van der Waals surface area contributed by atoms with E-state index in [1.165, 1.54) is 11.3 Å². The van der Waals surface area contributed by atoms with Crippen LogP contribution in [0.3, 0.4) is 0 Å². The van der Waals surface area contributed by atoms with Crippen molar-refractivity contribution in [3.63, 3.8) is 0 Å². The van der Waals surface area contributed by atoms with Gasteiger partial charge in [-0.3, -0.25) is 4.79 Å². The number of hydrogen-bond acceptors (Lipinski definition) is 5. The third kappa shape index (κ3) is 4.59. The molecular formula is C20H22N2O3S. The van der Waals surface area contributed by atoms with E-state index in [4.69, 9.17) is 9.15 Å². The molecule has 0 atom stereocenters. The highest BCUT2D eigenvalue weighted by Gasteiger charge is 2.21. The second-order valence-electron chi connectivity index (χ2n) is 6.07. The van der Waals surface area contributed by atoms with Crippen LogP contribution in [0.2, 0.25) is 0 Å². The first kappa shape index (κ1) is 18.4. The van der Waals surface area contributed by atoms with Crippen LogP contribution in [0.1, 0.15) is 29.9 Å². The molecule has 0 fully saturated rings. The lowest BCUT2D eigenvalue weighted by molar-refractivity contribution is 0.0757. The van der Waals surface area contributed by atoms with Crippen molar-refractivity contribution in [2.45, 2.75) is 26.4 Å². The fourth-order valence-electron chi connectivity index (χ4n) is 2.44. The lowest BCUT2D eigenvalue weighted by Crippen LogP contribution is -2.25. The average molecular weight is 370 g/mol. The SMILES string of the molecule is CC(C)OCCCNC(=O)c1sc(-c2ccco2)nc1-c1ccccc1. The Hall–Kier alpha value is -2.44. The van der Waals surface area contributed by atoms with Gasteiger partial charge in [0.1, 0.15) is 4.88 Å². The molecule has 136 valence electrons. The summed E-state index contributed by atoms with van der Waals surface area (Å²) in [4.78, 5) is 17.9. The van der Waals surface area contributed by atoms with Gasteiger partial charge in [-0.25, -0.2) is 4.98 Å². The third-order valence-corrected chi connectivity index (χ3v) is 4.74. The summed E-state index contributed by atoms with van der Waals surface area (Å²) in [7, 11) is 0. The molecule has 2 aromatic heterocycles. The van der Waals surface area contributed by atoms with Gasteiger partial charge in [0.2, 0.25) is 0 Å². The molecule has 26 heavy (non-hydrogen) atoms. The number of hydrogen-bond donors (Lipinski definition) is 1. The predicted molar refractivity (Wildman–Crippen MR) is 103 cm³/mol. The summed E-state index contributed by atoms with van der Waals surface area (Å²) in [5.74, 6) is 0.542. The Balaban J connectivity index is 1.77. The molecule has 5 nitrogen and oxygen atoms in total. The molecular weight excluding hydrogens is 348 g/mol. The molecule has 0 aliphatic heterocycles. The summed E-state index contributed by atoms with van der Waals surface area (Å²) in [6.07, 6.45) is 2.58. The summed E-state index contributed by atoms with van der Waals surface area (Å²) in [6, 6.07) is 13.4. The van der Waals surface area contributed by atoms with Crippen molar-refractivity contribution in [2.75, 3.05) is 13.2 Å². The number of carbonyl (C=O) groups excluding carboxylic acids is 1. The molecule has 1 amide bonds. The number of furan rings is 1. The monoisotopic (exact) mass is 370 g/mol. The van der Waals surface area contributed by atoms with Crippen molar-refractivity contribution in [3.05, 3.63) is 53.6 Å². The molecule has 1 N–H and O–H groups in total. The van der Waals surface area contributed by atoms with Gasteiger partial charge < -0.3 is 14.5 Å². The lowest BCUT2D eigenvalue weighted by Gasteiger charge is -2.08. The zero-order valence-corrected chi connectivity index (χ0v) is 15.7. The minimum atomic E-state index is -0.122. The van der Waals surface area contributed by atoms with Gasteiger partial charge in [-0.15, -0.1) is 11.3 Å². The molecule has 0 radical (unpaired) electrons. The van der Waals surface area contributed by atoms with E-state index < -0.39 is 0 Å². The molecule has 0 aliphatic carbocycles. The first-order chi connectivity index (χ1) is 12.6. The van der Waals surface area contributed by atoms with E-state index >= 15 is 0 Å². The standard InChI is InChI=1S/C20H22N2O3S/c1-14(2)24-13-7-11-21-19(23)18-17(15-8-4-3-5-9-15)22-20(26-18)16-10-6-12-25-16/h3-6,8-10,12,14H,7,11,13H2,1-2H3,(H,21,23). The normalized spacial score (nSPS) is 11.0. The number of benzene rings is 1. The van der Waals surface area contributed by atoms with E-state index in [-0.39, 0.29) is 12.0 Å². The number of carbonyl (C=O) groups is 1. The minimum absolute atomic E-state index is 0.122. The van der Waals surface area contributed by atoms with Crippen molar-refractivity contribution in [1.29, 1.82) is 0 Å². The van der Waals surface area contributed by atoms with Crippen LogP contribution >= 0.6 is 11.3 Å². The van der Waals surface area contributed by atoms with Gasteiger partial charge in [0, 0.05) is 18.7 Å². The average Bonchev–Trinajstić information content (AvgIpc) is 3.31. The summed E-state index contributed by atoms with van der Waals surface area (Å²) < 4.78 is 10.9. The molecule has 0 saturated carbocycles. The van der Waals surface area contributed by atoms with Gasteiger partial charge in [-0.1, -0.05) is 30.3 Å². The van der Waals surface area contributed by atoms with E-state index in [0.29, 0.717) is 34.5 Å². The molecule has 0 unspecified atom stereocenters. The zero-order chi connectivity index (χ0) is 18.4. The van der Waals surface area contributed by atoms with Gasteiger partial charge in [-0.05, 0) is 32.4 Å². The quantitative estimate of drug-likeness (QED) is 0.588. The highest BCUT2D eigenvalue weighted by atomic mass is 32.1. The number of amides is 1. The van der Waals surface area contributed by atoms with Crippen molar-refractivity contribution in [2.24, 2.45) is 0 Å². The van der Waals surface area contributed by atoms with Gasteiger partial charge in [0.05, 0.1) is 18.1 Å². The Morgan fingerprint density at radius 3 is 2.73 bits per heavy atom. The van der Waals surface area contributed by atoms with Crippen molar-refractivity contribution < 1.29 is 13.9 Å². The van der Waals surface area contributed by atoms with E-state index in [2.05, 4.69) is 10.3 Å². The van der Waals surface area contributed by atoms with Gasteiger partial charge in [-0.2, -0.15) is 0 Å². The van der Waals surface area contributed by atoms with Crippen LogP contribution in [0.5, 0.6) is 0 Å². The summed E-state index contributed by atoms with van der Waals surface area (Å²) in [5.41, 5.74) is 1.59. The Kier molecular flexibility index (Phi) is 6.20. The summed E-state index contributed by atoms with van der Waals surface area (Å²) in [6.45, 7) is 5.19. The molecule has 2 heterocycles. The Bertz CT molecular complexity index is 826. The van der Waals surface area contributed by atoms with E-state index in [1.54, 1.807) is 6.26 Å². The maximum absolute atomic E-state index is 12.7. The van der Waals surface area contributed by atoms with Crippen LogP contribution < -0.4 is 5.32 Å². The van der Waals surface area contributed by atoms with Crippen LogP contribution in [0.4, 0.5) is 0 Å². The highest BCUT2D eigenvalue weighted by Crippen LogP contribution is 2.34. The summed E-state index contributed by atoms with van der Waals surface area (Å²) >= 11 is 1.34. The topological polar surface area (TPSA) is 64.4 Å².